The summed E-state index contributed by atoms with van der Waals surface area (Å²) in [7, 11) is 0. The van der Waals surface area contributed by atoms with Crippen molar-refractivity contribution in [2.45, 2.75) is 19.0 Å². The first kappa shape index (κ1) is 18.7. The van der Waals surface area contributed by atoms with Gasteiger partial charge in [-0.2, -0.15) is 0 Å². The summed E-state index contributed by atoms with van der Waals surface area (Å²) in [6.07, 6.45) is 1.56. The molecule has 1 unspecified atom stereocenters. The molecule has 0 radical (unpaired) electrons. The minimum Gasteiger partial charge on any atom is -0.439 e. The lowest BCUT2D eigenvalue weighted by Gasteiger charge is -2.22. The van der Waals surface area contributed by atoms with Crippen molar-refractivity contribution in [3.05, 3.63) is 75.7 Å². The van der Waals surface area contributed by atoms with Gasteiger partial charge in [-0.05, 0) is 48.9 Å². The van der Waals surface area contributed by atoms with Gasteiger partial charge in [-0.25, -0.2) is 9.78 Å². The van der Waals surface area contributed by atoms with E-state index in [1.165, 1.54) is 0 Å². The molecule has 0 saturated carbocycles. The van der Waals surface area contributed by atoms with Crippen LogP contribution in [-0.4, -0.2) is 21.8 Å². The first-order valence-corrected chi connectivity index (χ1v) is 9.65. The second-order valence-electron chi connectivity index (χ2n) is 6.58. The Bertz CT molecular complexity index is 1070. The summed E-state index contributed by atoms with van der Waals surface area (Å²) in [6.45, 7) is 1.63. The van der Waals surface area contributed by atoms with Crippen LogP contribution < -0.4 is 5.32 Å². The number of rotatable bonds is 4. The molecule has 28 heavy (non-hydrogen) atoms. The van der Waals surface area contributed by atoms with Crippen molar-refractivity contribution in [2.24, 2.45) is 0 Å². The first-order valence-electron chi connectivity index (χ1n) is 8.47. The Balaban J connectivity index is 1.56. The fraction of sp³-hybridized carbons (Fsp3) is 0.150. The average molecular weight is 461 g/mol. The number of amides is 3. The molecule has 1 aromatic heterocycles. The van der Waals surface area contributed by atoms with Crippen molar-refractivity contribution in [2.75, 3.05) is 0 Å². The molecule has 0 spiro atoms. The molecule has 0 aliphatic carbocycles. The molecule has 1 saturated heterocycles. The zero-order chi connectivity index (χ0) is 19.9. The number of halogens is 2. The number of oxazole rings is 1. The van der Waals surface area contributed by atoms with E-state index in [4.69, 9.17) is 16.0 Å². The van der Waals surface area contributed by atoms with Gasteiger partial charge in [-0.15, -0.1) is 0 Å². The number of urea groups is 1. The fourth-order valence-corrected chi connectivity index (χ4v) is 3.63. The van der Waals surface area contributed by atoms with Crippen LogP contribution in [0, 0.1) is 0 Å². The number of carbonyl (C=O) groups excluding carboxylic acids is 2. The summed E-state index contributed by atoms with van der Waals surface area (Å²) >= 11 is 9.29. The first-order chi connectivity index (χ1) is 13.4. The van der Waals surface area contributed by atoms with Crippen LogP contribution in [0.4, 0.5) is 4.79 Å². The second kappa shape index (κ2) is 7.07. The topological polar surface area (TPSA) is 75.4 Å². The number of nitrogens with one attached hydrogen (secondary N) is 1. The highest BCUT2D eigenvalue weighted by Gasteiger charge is 2.49. The molecule has 0 bridgehead atoms. The molecule has 8 heteroatoms. The Morgan fingerprint density at radius 2 is 1.96 bits per heavy atom. The molecule has 6 nitrogen and oxygen atoms in total. The lowest BCUT2D eigenvalue weighted by Crippen LogP contribution is -2.40. The molecule has 2 aromatic carbocycles. The smallest absolute Gasteiger partial charge is 0.325 e. The van der Waals surface area contributed by atoms with Crippen LogP contribution in [0.15, 0.2) is 63.6 Å². The van der Waals surface area contributed by atoms with Gasteiger partial charge < -0.3 is 9.73 Å². The highest BCUT2D eigenvalue weighted by molar-refractivity contribution is 9.10. The molecule has 142 valence electrons. The normalized spacial score (nSPS) is 19.2. The van der Waals surface area contributed by atoms with Crippen LogP contribution in [0.2, 0.25) is 5.02 Å². The minimum atomic E-state index is -1.15. The van der Waals surface area contributed by atoms with Crippen molar-refractivity contribution in [3.63, 3.8) is 0 Å². The lowest BCUT2D eigenvalue weighted by atomic mass is 9.92. The van der Waals surface area contributed by atoms with Crippen LogP contribution in [-0.2, 0) is 16.9 Å². The van der Waals surface area contributed by atoms with Crippen molar-refractivity contribution in [1.29, 1.82) is 0 Å². The van der Waals surface area contributed by atoms with Crippen molar-refractivity contribution < 1.29 is 14.0 Å². The van der Waals surface area contributed by atoms with Gasteiger partial charge in [0.2, 0.25) is 5.89 Å². The molecule has 2 heterocycles. The summed E-state index contributed by atoms with van der Waals surface area (Å²) in [4.78, 5) is 30.8. The monoisotopic (exact) mass is 459 g/mol. The Kier molecular flexibility index (Phi) is 4.72. The SMILES string of the molecule is CC1(c2cccc(Br)c2)NC(=O)N(Cc2ncc(-c3ccc(Cl)cc3)o2)C1=O. The Morgan fingerprint density at radius 3 is 2.68 bits per heavy atom. The molecular weight excluding hydrogens is 446 g/mol. The fourth-order valence-electron chi connectivity index (χ4n) is 3.10. The maximum Gasteiger partial charge on any atom is 0.325 e. The molecule has 1 aliphatic rings. The van der Waals surface area contributed by atoms with Gasteiger partial charge in [-0.3, -0.25) is 9.69 Å². The van der Waals surface area contributed by atoms with Gasteiger partial charge in [0.25, 0.3) is 5.91 Å². The van der Waals surface area contributed by atoms with Crippen LogP contribution >= 0.6 is 27.5 Å². The van der Waals surface area contributed by atoms with Crippen LogP contribution in [0.5, 0.6) is 0 Å². The maximum absolute atomic E-state index is 13.0. The molecule has 3 aromatic rings. The van der Waals surface area contributed by atoms with E-state index < -0.39 is 11.6 Å². The number of carbonyl (C=O) groups is 2. The van der Waals surface area contributed by atoms with E-state index in [9.17, 15) is 9.59 Å². The standard InChI is InChI=1S/C20H15BrClN3O3/c1-20(13-3-2-4-14(21)9-13)18(26)25(19(27)24-20)11-17-23-10-16(28-17)12-5-7-15(22)8-6-12/h2-10H,11H2,1H3,(H,24,27). The van der Waals surface area contributed by atoms with Gasteiger partial charge in [-0.1, -0.05) is 39.7 Å². The Hall–Kier alpha value is -2.64. The molecular formula is C20H15BrClN3O3. The van der Waals surface area contributed by atoms with Crippen LogP contribution in [0.1, 0.15) is 18.4 Å². The van der Waals surface area contributed by atoms with Gasteiger partial charge in [0.15, 0.2) is 5.76 Å². The number of aromatic nitrogens is 1. The van der Waals surface area contributed by atoms with Gasteiger partial charge in [0.05, 0.1) is 6.20 Å². The summed E-state index contributed by atoms with van der Waals surface area (Å²) in [5.41, 5.74) is 0.350. The van der Waals surface area contributed by atoms with E-state index in [0.717, 1.165) is 14.9 Å². The molecule has 1 aliphatic heterocycles. The summed E-state index contributed by atoms with van der Waals surface area (Å²) in [5.74, 6) is 0.447. The second-order valence-corrected chi connectivity index (χ2v) is 7.93. The largest absolute Gasteiger partial charge is 0.439 e. The van der Waals surface area contributed by atoms with E-state index in [-0.39, 0.29) is 18.3 Å². The summed E-state index contributed by atoms with van der Waals surface area (Å²) < 4.78 is 6.55. The van der Waals surface area contributed by atoms with Crippen LogP contribution in [0.3, 0.4) is 0 Å². The Morgan fingerprint density at radius 1 is 1.21 bits per heavy atom. The number of nitrogens with zero attached hydrogens (tertiary/aromatic N) is 2. The molecule has 3 amide bonds. The summed E-state index contributed by atoms with van der Waals surface area (Å²) in [5, 5.41) is 3.39. The predicted molar refractivity (Wildman–Crippen MR) is 108 cm³/mol. The molecule has 4 rings (SSSR count). The third-order valence-corrected chi connectivity index (χ3v) is 5.40. The Labute approximate surface area is 174 Å². The maximum atomic E-state index is 13.0. The third kappa shape index (κ3) is 3.31. The van der Waals surface area contributed by atoms with E-state index in [2.05, 4.69) is 26.2 Å². The highest BCUT2D eigenvalue weighted by atomic mass is 79.9. The highest BCUT2D eigenvalue weighted by Crippen LogP contribution is 2.31. The quantitative estimate of drug-likeness (QED) is 0.571. The molecule has 1 fully saturated rings. The van der Waals surface area contributed by atoms with Crippen molar-refractivity contribution in [1.82, 2.24) is 15.2 Å². The molecule has 1 N–H and O–H groups in total. The lowest BCUT2D eigenvalue weighted by molar-refractivity contribution is -0.131. The summed E-state index contributed by atoms with van der Waals surface area (Å²) in [6, 6.07) is 13.9. The van der Waals surface area contributed by atoms with E-state index in [0.29, 0.717) is 16.3 Å². The number of benzene rings is 2. The average Bonchev–Trinajstić information content (AvgIpc) is 3.22. The zero-order valence-electron chi connectivity index (χ0n) is 14.8. The van der Waals surface area contributed by atoms with E-state index >= 15 is 0 Å². The van der Waals surface area contributed by atoms with Gasteiger partial charge in [0.1, 0.15) is 12.1 Å². The molecule has 1 atom stereocenters. The van der Waals surface area contributed by atoms with Gasteiger partial charge >= 0.3 is 6.03 Å². The number of imide groups is 1. The predicted octanol–water partition coefficient (Wildman–Crippen LogP) is 4.72. The van der Waals surface area contributed by atoms with E-state index in [1.807, 2.05) is 30.3 Å². The van der Waals surface area contributed by atoms with Gasteiger partial charge in [0, 0.05) is 15.1 Å². The van der Waals surface area contributed by atoms with Crippen LogP contribution in [0.25, 0.3) is 11.3 Å². The van der Waals surface area contributed by atoms with E-state index in [1.54, 1.807) is 31.3 Å². The minimum absolute atomic E-state index is 0.0537. The van der Waals surface area contributed by atoms with Crippen molar-refractivity contribution in [3.8, 4) is 11.3 Å². The number of hydrogen-bond acceptors (Lipinski definition) is 4. The number of hydrogen-bond donors (Lipinski definition) is 1. The van der Waals surface area contributed by atoms with Crippen molar-refractivity contribution >= 4 is 39.5 Å². The third-order valence-electron chi connectivity index (χ3n) is 4.65. The zero-order valence-corrected chi connectivity index (χ0v) is 17.1.